The maximum Gasteiger partial charge on any atom is 0.275 e. The van der Waals surface area contributed by atoms with Crippen molar-refractivity contribution in [2.24, 2.45) is 35.5 Å². The van der Waals surface area contributed by atoms with Gasteiger partial charge in [0.25, 0.3) is 17.7 Å². The number of amides is 3. The number of allylic oxidation sites excluding steroid dienone is 2. The molecule has 2 aromatic carbocycles. The summed E-state index contributed by atoms with van der Waals surface area (Å²) < 4.78 is 0. The van der Waals surface area contributed by atoms with Gasteiger partial charge in [-0.1, -0.05) is 47.0 Å². The van der Waals surface area contributed by atoms with Crippen LogP contribution in [-0.2, 0) is 9.59 Å². The fourth-order valence-electron chi connectivity index (χ4n) is 6.59. The van der Waals surface area contributed by atoms with Crippen LogP contribution in [0.1, 0.15) is 33.6 Å². The van der Waals surface area contributed by atoms with E-state index in [1.165, 1.54) is 30.3 Å². The van der Waals surface area contributed by atoms with Gasteiger partial charge in [0.15, 0.2) is 5.78 Å². The van der Waals surface area contributed by atoms with Gasteiger partial charge >= 0.3 is 0 Å². The number of carbonyl (C=O) groups excluding carboxylic acids is 4. The van der Waals surface area contributed by atoms with Gasteiger partial charge in [0, 0.05) is 21.5 Å². The molecule has 6 nitrogen and oxygen atoms in total. The molecule has 1 heterocycles. The van der Waals surface area contributed by atoms with E-state index < -0.39 is 41.4 Å². The summed E-state index contributed by atoms with van der Waals surface area (Å²) in [7, 11) is 0. The fraction of sp³-hybridized carbons (Fsp3) is 0.357. The van der Waals surface area contributed by atoms with Gasteiger partial charge in [0.1, 0.15) is 6.04 Å². The molecule has 1 saturated heterocycles. The number of rotatable bonds is 7. The highest BCUT2D eigenvalue weighted by molar-refractivity contribution is 6.37. The van der Waals surface area contributed by atoms with Crippen molar-refractivity contribution in [1.82, 2.24) is 10.0 Å². The van der Waals surface area contributed by atoms with E-state index in [2.05, 4.69) is 0 Å². The molecule has 0 spiro atoms. The van der Waals surface area contributed by atoms with Crippen LogP contribution in [0.15, 0.2) is 54.6 Å². The molecule has 4 aliphatic carbocycles. The molecule has 0 N–H and O–H groups in total. The molecule has 2 aromatic rings. The first-order valence-electron chi connectivity index (χ1n) is 12.4. The van der Waals surface area contributed by atoms with Gasteiger partial charge in [0.05, 0.1) is 22.4 Å². The number of benzene rings is 2. The van der Waals surface area contributed by atoms with Crippen LogP contribution in [0.5, 0.6) is 0 Å². The number of imide groups is 1. The van der Waals surface area contributed by atoms with Crippen molar-refractivity contribution in [3.05, 3.63) is 80.8 Å². The zero-order valence-corrected chi connectivity index (χ0v) is 22.9. The molecule has 2 bridgehead atoms. The Kier molecular flexibility index (Phi) is 6.58. The molecule has 10 heteroatoms. The Morgan fingerprint density at radius 1 is 0.895 bits per heavy atom. The van der Waals surface area contributed by atoms with Crippen molar-refractivity contribution in [3.63, 3.8) is 0 Å². The largest absolute Gasteiger partial charge is 0.292 e. The Labute approximate surface area is 239 Å². The predicted octanol–water partition coefficient (Wildman–Crippen LogP) is 5.94. The first kappa shape index (κ1) is 25.9. The normalized spacial score (nSPS) is 29.2. The number of hydrazine groups is 1. The molecule has 1 aliphatic heterocycles. The number of alkyl halides is 1. The summed E-state index contributed by atoms with van der Waals surface area (Å²) in [6, 6.07) is 9.27. The molecule has 2 saturated carbocycles. The smallest absolute Gasteiger partial charge is 0.275 e. The average molecular weight is 592 g/mol. The Hall–Kier alpha value is -2.38. The minimum Gasteiger partial charge on any atom is -0.292 e. The summed E-state index contributed by atoms with van der Waals surface area (Å²) in [6.45, 7) is 0. The van der Waals surface area contributed by atoms with Crippen molar-refractivity contribution in [3.8, 4) is 0 Å². The highest BCUT2D eigenvalue weighted by Crippen LogP contribution is 2.65. The topological polar surface area (TPSA) is 74.8 Å². The van der Waals surface area contributed by atoms with Gasteiger partial charge in [-0.05, 0) is 79.0 Å². The highest BCUT2D eigenvalue weighted by Gasteiger charge is 2.68. The molecule has 7 atom stereocenters. The number of ketones is 1. The van der Waals surface area contributed by atoms with Crippen molar-refractivity contribution < 1.29 is 19.2 Å². The van der Waals surface area contributed by atoms with Crippen LogP contribution in [0.25, 0.3) is 0 Å². The third-order valence-corrected chi connectivity index (χ3v) is 9.35. The molecule has 7 rings (SSSR count). The van der Waals surface area contributed by atoms with E-state index >= 15 is 0 Å². The van der Waals surface area contributed by atoms with Crippen molar-refractivity contribution in [2.45, 2.75) is 18.9 Å². The number of carbonyl (C=O) groups is 4. The van der Waals surface area contributed by atoms with E-state index in [-0.39, 0.29) is 40.3 Å². The quantitative estimate of drug-likeness (QED) is 0.173. The molecular weight excluding hydrogens is 570 g/mol. The fourth-order valence-corrected chi connectivity index (χ4v) is 7.41. The van der Waals surface area contributed by atoms with E-state index in [0.29, 0.717) is 21.9 Å². The Morgan fingerprint density at radius 3 is 2.03 bits per heavy atom. The van der Waals surface area contributed by atoms with E-state index in [9.17, 15) is 19.2 Å². The SMILES string of the molecule is O=C(c1ccc(Cl)cc1)[C@H](CCCl)N(C(=O)c1ccc(Cl)cc1Cl)N1C(=O)[C@@H]2[C@H]3C=C[C@@H]([C@@H]4C[C@@H]34)[C@@H]2C1=O. The summed E-state index contributed by atoms with van der Waals surface area (Å²) in [5, 5.41) is 2.68. The third-order valence-electron chi connectivity index (χ3n) is 8.33. The van der Waals surface area contributed by atoms with Gasteiger partial charge in [-0.15, -0.1) is 11.6 Å². The van der Waals surface area contributed by atoms with Crippen LogP contribution in [0.3, 0.4) is 0 Å². The van der Waals surface area contributed by atoms with Gasteiger partial charge in [-0.3, -0.25) is 19.2 Å². The van der Waals surface area contributed by atoms with Crippen LogP contribution in [0.2, 0.25) is 15.1 Å². The second-order valence-electron chi connectivity index (χ2n) is 10.3. The minimum absolute atomic E-state index is 0.00214. The Balaban J connectivity index is 1.45. The minimum atomic E-state index is -1.24. The summed E-state index contributed by atoms with van der Waals surface area (Å²) in [4.78, 5) is 56.0. The summed E-state index contributed by atoms with van der Waals surface area (Å²) >= 11 is 24.6. The maximum absolute atomic E-state index is 14.1. The number of nitrogens with zero attached hydrogens (tertiary/aromatic N) is 2. The lowest BCUT2D eigenvalue weighted by molar-refractivity contribution is -0.157. The van der Waals surface area contributed by atoms with E-state index in [4.69, 9.17) is 46.4 Å². The lowest BCUT2D eigenvalue weighted by Gasteiger charge is -2.37. The first-order valence-corrected chi connectivity index (χ1v) is 14.1. The molecule has 0 aromatic heterocycles. The second kappa shape index (κ2) is 9.67. The predicted molar refractivity (Wildman–Crippen MR) is 144 cm³/mol. The van der Waals surface area contributed by atoms with Crippen LogP contribution >= 0.6 is 46.4 Å². The molecule has 3 fully saturated rings. The van der Waals surface area contributed by atoms with Crippen molar-refractivity contribution in [1.29, 1.82) is 0 Å². The van der Waals surface area contributed by atoms with Gasteiger partial charge < -0.3 is 0 Å². The number of halogens is 4. The van der Waals surface area contributed by atoms with Crippen LogP contribution in [0, 0.1) is 35.5 Å². The Morgan fingerprint density at radius 2 is 1.47 bits per heavy atom. The lowest BCUT2D eigenvalue weighted by atomic mass is 9.63. The van der Waals surface area contributed by atoms with E-state index in [1.807, 2.05) is 12.2 Å². The maximum atomic E-state index is 14.1. The van der Waals surface area contributed by atoms with E-state index in [1.54, 1.807) is 12.1 Å². The average Bonchev–Trinajstić information content (AvgIpc) is 3.68. The van der Waals surface area contributed by atoms with Gasteiger partial charge in [-0.2, -0.15) is 5.01 Å². The van der Waals surface area contributed by atoms with Crippen molar-refractivity contribution >= 4 is 69.9 Å². The van der Waals surface area contributed by atoms with E-state index in [0.717, 1.165) is 16.4 Å². The third kappa shape index (κ3) is 4.00. The molecule has 3 amide bonds. The van der Waals surface area contributed by atoms with Gasteiger partial charge in [0.2, 0.25) is 0 Å². The van der Waals surface area contributed by atoms with Crippen LogP contribution < -0.4 is 0 Å². The number of hydrogen-bond donors (Lipinski definition) is 0. The van der Waals surface area contributed by atoms with Crippen LogP contribution in [-0.4, -0.2) is 45.4 Å². The molecule has 5 aliphatic rings. The van der Waals surface area contributed by atoms with Crippen LogP contribution in [0.4, 0.5) is 0 Å². The molecule has 0 radical (unpaired) electrons. The zero-order chi connectivity index (χ0) is 26.9. The summed E-state index contributed by atoms with van der Waals surface area (Å²) in [5.41, 5.74) is 0.281. The molecule has 196 valence electrons. The van der Waals surface area contributed by atoms with Gasteiger partial charge in [-0.25, -0.2) is 5.01 Å². The highest BCUT2D eigenvalue weighted by atomic mass is 35.5. The summed E-state index contributed by atoms with van der Waals surface area (Å²) in [5.74, 6) is -2.61. The summed E-state index contributed by atoms with van der Waals surface area (Å²) in [6.07, 6.45) is 5.10. The number of hydrogen-bond acceptors (Lipinski definition) is 4. The number of Topliss-reactive ketones (excluding diaryl/α,β-unsaturated/α-hetero) is 1. The first-order chi connectivity index (χ1) is 18.2. The monoisotopic (exact) mass is 590 g/mol. The lowest BCUT2D eigenvalue weighted by Crippen LogP contribution is -2.57. The molecule has 38 heavy (non-hydrogen) atoms. The standard InChI is InChI=1S/C28H22Cl4N2O4/c29-10-9-22(25(35)13-1-3-14(30)4-2-13)33(26(36)18-6-5-15(31)11-21(18)32)34-27(37)23-16-7-8-17(20-12-19(16)20)24(23)28(34)38/h1-8,11,16-17,19-20,22-24H,9-10,12H2/t16-,17-,19-,20-,22-,23-,24+/m0/s1. The molecular formula is C28H22Cl4N2O4. The van der Waals surface area contributed by atoms with Crippen molar-refractivity contribution in [2.75, 3.05) is 5.88 Å². The zero-order valence-electron chi connectivity index (χ0n) is 19.9. The Bertz CT molecular complexity index is 1360. The molecule has 0 unspecified atom stereocenters. The second-order valence-corrected chi connectivity index (χ2v) is 11.9.